The first-order valence-corrected chi connectivity index (χ1v) is 11.0. The minimum absolute atomic E-state index is 0.334. The standard InChI is InChI=1S/C27H29NO/c29-24-13-15-26-22(17-24)12-14-25(20-5-2-1-3-6-20)27(26)21-10-8-19(9-11-21)23-7-4-16-28-18-23/h1-3,5-6,8-11,13,15,17,23,25,27-29H,4,7,12,14,16,18H2. The third-order valence-corrected chi connectivity index (χ3v) is 6.88. The van der Waals surface area contributed by atoms with Gasteiger partial charge in [-0.15, -0.1) is 0 Å². The number of phenolic OH excluding ortho intramolecular Hbond substituents is 1. The molecule has 3 atom stereocenters. The van der Waals surface area contributed by atoms with Crippen LogP contribution in [0.15, 0.2) is 72.8 Å². The van der Waals surface area contributed by atoms with Crippen molar-refractivity contribution in [3.05, 3.63) is 101 Å². The average Bonchev–Trinajstić information content (AvgIpc) is 2.79. The Kier molecular flexibility index (Phi) is 5.12. The molecule has 1 aliphatic heterocycles. The number of phenols is 1. The minimum Gasteiger partial charge on any atom is -0.508 e. The van der Waals surface area contributed by atoms with E-state index >= 15 is 0 Å². The van der Waals surface area contributed by atoms with Crippen LogP contribution in [0, 0.1) is 0 Å². The van der Waals surface area contributed by atoms with Crippen molar-refractivity contribution < 1.29 is 5.11 Å². The van der Waals surface area contributed by atoms with Crippen LogP contribution in [0.25, 0.3) is 0 Å². The summed E-state index contributed by atoms with van der Waals surface area (Å²) in [5.41, 5.74) is 6.92. The molecule has 5 rings (SSSR count). The zero-order valence-corrected chi connectivity index (χ0v) is 16.9. The molecule has 2 N–H and O–H groups in total. The molecule has 2 nitrogen and oxygen atoms in total. The van der Waals surface area contributed by atoms with Crippen LogP contribution in [0.2, 0.25) is 0 Å². The minimum atomic E-state index is 0.334. The van der Waals surface area contributed by atoms with Crippen molar-refractivity contribution in [3.8, 4) is 5.75 Å². The Morgan fingerprint density at radius 2 is 1.59 bits per heavy atom. The molecule has 0 aromatic heterocycles. The van der Waals surface area contributed by atoms with Gasteiger partial charge in [0.1, 0.15) is 5.75 Å². The molecule has 2 heteroatoms. The fraction of sp³-hybridized carbons (Fsp3) is 0.333. The van der Waals surface area contributed by atoms with Crippen LogP contribution >= 0.6 is 0 Å². The van der Waals surface area contributed by atoms with Crippen LogP contribution in [0.4, 0.5) is 0 Å². The van der Waals surface area contributed by atoms with Gasteiger partial charge in [-0.3, -0.25) is 0 Å². The molecule has 1 saturated heterocycles. The smallest absolute Gasteiger partial charge is 0.115 e. The molecule has 1 fully saturated rings. The summed E-state index contributed by atoms with van der Waals surface area (Å²) in [5.74, 6) is 1.81. The summed E-state index contributed by atoms with van der Waals surface area (Å²) in [5, 5.41) is 13.5. The first-order chi connectivity index (χ1) is 14.3. The van der Waals surface area contributed by atoms with Crippen molar-refractivity contribution in [2.75, 3.05) is 13.1 Å². The fourth-order valence-electron chi connectivity index (χ4n) is 5.39. The summed E-state index contributed by atoms with van der Waals surface area (Å²) in [4.78, 5) is 0. The number of rotatable bonds is 3. The quantitative estimate of drug-likeness (QED) is 0.606. The van der Waals surface area contributed by atoms with Gasteiger partial charge in [-0.25, -0.2) is 0 Å². The van der Waals surface area contributed by atoms with Gasteiger partial charge in [-0.2, -0.15) is 0 Å². The van der Waals surface area contributed by atoms with E-state index in [1.165, 1.54) is 40.7 Å². The SMILES string of the molecule is Oc1ccc2c(c1)CCC(c1ccccc1)C2c1ccc(C2CCCNC2)cc1. The average molecular weight is 384 g/mol. The molecule has 0 bridgehead atoms. The highest BCUT2D eigenvalue weighted by Crippen LogP contribution is 2.47. The van der Waals surface area contributed by atoms with E-state index in [4.69, 9.17) is 0 Å². The third-order valence-electron chi connectivity index (χ3n) is 6.88. The van der Waals surface area contributed by atoms with Crippen LogP contribution < -0.4 is 5.32 Å². The molecule has 3 aromatic rings. The second kappa shape index (κ2) is 8.04. The molecule has 3 aromatic carbocycles. The number of nitrogens with one attached hydrogen (secondary N) is 1. The van der Waals surface area contributed by atoms with Crippen LogP contribution in [-0.4, -0.2) is 18.2 Å². The highest BCUT2D eigenvalue weighted by Gasteiger charge is 2.32. The zero-order chi connectivity index (χ0) is 19.6. The van der Waals surface area contributed by atoms with Gasteiger partial charge in [0.05, 0.1) is 0 Å². The number of fused-ring (bicyclic) bond motifs is 1. The van der Waals surface area contributed by atoms with Gasteiger partial charge in [-0.05, 0) is 84.0 Å². The third kappa shape index (κ3) is 3.70. The van der Waals surface area contributed by atoms with E-state index in [1.807, 2.05) is 12.1 Å². The molecule has 1 heterocycles. The van der Waals surface area contributed by atoms with Crippen molar-refractivity contribution in [1.29, 1.82) is 0 Å². The second-order valence-corrected chi connectivity index (χ2v) is 8.63. The normalized spacial score (nSPS) is 24.1. The van der Waals surface area contributed by atoms with Crippen LogP contribution in [0.5, 0.6) is 5.75 Å². The number of hydrogen-bond donors (Lipinski definition) is 2. The van der Waals surface area contributed by atoms with Crippen molar-refractivity contribution in [1.82, 2.24) is 5.32 Å². The molecular weight excluding hydrogens is 354 g/mol. The lowest BCUT2D eigenvalue weighted by molar-refractivity contribution is 0.461. The zero-order valence-electron chi connectivity index (χ0n) is 16.9. The molecule has 0 spiro atoms. The van der Waals surface area contributed by atoms with Gasteiger partial charge >= 0.3 is 0 Å². The number of aromatic hydroxyl groups is 1. The van der Waals surface area contributed by atoms with Gasteiger partial charge < -0.3 is 10.4 Å². The van der Waals surface area contributed by atoms with Gasteiger partial charge in [0.15, 0.2) is 0 Å². The van der Waals surface area contributed by atoms with Crippen molar-refractivity contribution >= 4 is 0 Å². The highest BCUT2D eigenvalue weighted by molar-refractivity contribution is 5.47. The molecule has 2 aliphatic rings. The van der Waals surface area contributed by atoms with E-state index < -0.39 is 0 Å². The molecule has 0 radical (unpaired) electrons. The van der Waals surface area contributed by atoms with Crippen LogP contribution in [-0.2, 0) is 6.42 Å². The lowest BCUT2D eigenvalue weighted by Gasteiger charge is -2.35. The molecule has 148 valence electrons. The number of hydrogen-bond acceptors (Lipinski definition) is 2. The summed E-state index contributed by atoms with van der Waals surface area (Å²) in [6.07, 6.45) is 4.68. The first kappa shape index (κ1) is 18.4. The summed E-state index contributed by atoms with van der Waals surface area (Å²) >= 11 is 0. The summed E-state index contributed by atoms with van der Waals surface area (Å²) in [6, 6.07) is 26.3. The predicted octanol–water partition coefficient (Wildman–Crippen LogP) is 5.72. The van der Waals surface area contributed by atoms with Crippen molar-refractivity contribution in [2.45, 2.75) is 43.4 Å². The topological polar surface area (TPSA) is 32.3 Å². The Labute approximate surface area is 173 Å². The van der Waals surface area contributed by atoms with Crippen LogP contribution in [0.3, 0.4) is 0 Å². The van der Waals surface area contributed by atoms with E-state index in [-0.39, 0.29) is 0 Å². The van der Waals surface area contributed by atoms with E-state index in [0.717, 1.165) is 25.9 Å². The molecule has 29 heavy (non-hydrogen) atoms. The second-order valence-electron chi connectivity index (χ2n) is 8.63. The monoisotopic (exact) mass is 383 g/mol. The Morgan fingerprint density at radius 1 is 0.793 bits per heavy atom. The van der Waals surface area contributed by atoms with Gasteiger partial charge in [0.25, 0.3) is 0 Å². The van der Waals surface area contributed by atoms with E-state index in [1.54, 1.807) is 0 Å². The predicted molar refractivity (Wildman–Crippen MR) is 119 cm³/mol. The molecular formula is C27H29NO. The largest absolute Gasteiger partial charge is 0.508 e. The van der Waals surface area contributed by atoms with E-state index in [2.05, 4.69) is 66.0 Å². The maximum atomic E-state index is 10.0. The summed E-state index contributed by atoms with van der Waals surface area (Å²) < 4.78 is 0. The van der Waals surface area contributed by atoms with Crippen LogP contribution in [0.1, 0.15) is 64.8 Å². The van der Waals surface area contributed by atoms with Gasteiger partial charge in [0, 0.05) is 12.5 Å². The fourth-order valence-corrected chi connectivity index (χ4v) is 5.39. The number of piperidine rings is 1. The van der Waals surface area contributed by atoms with E-state index in [0.29, 0.717) is 23.5 Å². The maximum absolute atomic E-state index is 10.0. The lowest BCUT2D eigenvalue weighted by atomic mass is 9.69. The molecule has 0 saturated carbocycles. The Balaban J connectivity index is 1.53. The number of benzene rings is 3. The summed E-state index contributed by atoms with van der Waals surface area (Å²) in [7, 11) is 0. The maximum Gasteiger partial charge on any atom is 0.115 e. The Morgan fingerprint density at radius 3 is 2.34 bits per heavy atom. The highest BCUT2D eigenvalue weighted by atomic mass is 16.3. The van der Waals surface area contributed by atoms with E-state index in [9.17, 15) is 5.11 Å². The van der Waals surface area contributed by atoms with Crippen molar-refractivity contribution in [3.63, 3.8) is 0 Å². The molecule has 1 aliphatic carbocycles. The molecule has 0 amide bonds. The lowest BCUT2D eigenvalue weighted by Crippen LogP contribution is -2.28. The van der Waals surface area contributed by atoms with Gasteiger partial charge in [0.2, 0.25) is 0 Å². The number of aryl methyl sites for hydroxylation is 1. The first-order valence-electron chi connectivity index (χ1n) is 11.0. The summed E-state index contributed by atoms with van der Waals surface area (Å²) in [6.45, 7) is 2.25. The van der Waals surface area contributed by atoms with Gasteiger partial charge in [-0.1, -0.05) is 60.7 Å². The Bertz CT molecular complexity index is 958. The molecule has 3 unspecified atom stereocenters. The Hall–Kier alpha value is -2.58. The van der Waals surface area contributed by atoms with Crippen molar-refractivity contribution in [2.24, 2.45) is 0 Å².